The summed E-state index contributed by atoms with van der Waals surface area (Å²) < 4.78 is 57.3. The van der Waals surface area contributed by atoms with Crippen LogP contribution in [0.2, 0.25) is 0 Å². The molecule has 9 nitrogen and oxygen atoms in total. The first-order chi connectivity index (χ1) is 15.6. The van der Waals surface area contributed by atoms with Crippen LogP contribution in [0.5, 0.6) is 5.75 Å². The number of carbonyl (C=O) groups excluding carboxylic acids is 1. The molecule has 0 atom stereocenters. The Kier molecular flexibility index (Phi) is 7.77. The van der Waals surface area contributed by atoms with Gasteiger partial charge in [0.25, 0.3) is 0 Å². The number of piperidine rings is 1. The number of nitrogens with zero attached hydrogens (tertiary/aromatic N) is 1. The fourth-order valence-electron chi connectivity index (χ4n) is 3.50. The highest BCUT2D eigenvalue weighted by molar-refractivity contribution is 7.92. The highest BCUT2D eigenvalue weighted by atomic mass is 32.2. The molecule has 0 aromatic heterocycles. The summed E-state index contributed by atoms with van der Waals surface area (Å²) in [7, 11) is -5.69. The molecule has 33 heavy (non-hydrogen) atoms. The lowest BCUT2D eigenvalue weighted by molar-refractivity contribution is -0.120. The molecule has 0 saturated carbocycles. The largest absolute Gasteiger partial charge is 0.495 e. The van der Waals surface area contributed by atoms with E-state index < -0.39 is 20.0 Å². The van der Waals surface area contributed by atoms with Crippen LogP contribution in [-0.4, -0.2) is 53.5 Å². The number of carbonyl (C=O) groups is 1. The second kappa shape index (κ2) is 10.4. The summed E-state index contributed by atoms with van der Waals surface area (Å²) in [6.07, 6.45) is 3.35. The minimum absolute atomic E-state index is 0.212. The van der Waals surface area contributed by atoms with Gasteiger partial charge in [0, 0.05) is 30.1 Å². The molecule has 11 heteroatoms. The molecule has 3 rings (SSSR count). The second-order valence-corrected chi connectivity index (χ2v) is 11.3. The van der Waals surface area contributed by atoms with E-state index in [9.17, 15) is 21.6 Å². The van der Waals surface area contributed by atoms with Crippen molar-refractivity contribution >= 4 is 43.4 Å². The van der Waals surface area contributed by atoms with E-state index >= 15 is 0 Å². The van der Waals surface area contributed by atoms with Gasteiger partial charge in [-0.25, -0.2) is 16.8 Å². The summed E-state index contributed by atoms with van der Waals surface area (Å²) in [6.45, 7) is 0.478. The van der Waals surface area contributed by atoms with Crippen LogP contribution in [0, 0.1) is 5.92 Å². The predicted molar refractivity (Wildman–Crippen MR) is 129 cm³/mol. The average Bonchev–Trinajstić information content (AvgIpc) is 2.78. The summed E-state index contributed by atoms with van der Waals surface area (Å²) in [4.78, 5) is 12.7. The van der Waals surface area contributed by atoms with Gasteiger partial charge < -0.3 is 10.1 Å². The van der Waals surface area contributed by atoms with Gasteiger partial charge in [0.05, 0.1) is 19.1 Å². The number of sulfonamides is 2. The van der Waals surface area contributed by atoms with Crippen LogP contribution in [0.15, 0.2) is 53.9 Å². The highest BCUT2D eigenvalue weighted by Gasteiger charge is 2.30. The first-order valence-electron chi connectivity index (χ1n) is 10.3. The van der Waals surface area contributed by atoms with E-state index in [4.69, 9.17) is 4.74 Å². The first kappa shape index (κ1) is 24.7. The zero-order chi connectivity index (χ0) is 24.1. The Morgan fingerprint density at radius 2 is 1.73 bits per heavy atom. The SMILES string of the molecule is COc1ccc(NC(=O)C2CCN(S(=O)(=O)/C=C/c3ccccc3)CC2)cc1NS(C)(=O)=O. The molecule has 1 saturated heterocycles. The molecule has 1 heterocycles. The lowest BCUT2D eigenvalue weighted by Crippen LogP contribution is -2.40. The minimum Gasteiger partial charge on any atom is -0.495 e. The molecule has 1 aliphatic heterocycles. The van der Waals surface area contributed by atoms with Gasteiger partial charge in [0.15, 0.2) is 0 Å². The summed E-state index contributed by atoms with van der Waals surface area (Å²) in [5, 5.41) is 3.97. The molecule has 2 aromatic carbocycles. The second-order valence-electron chi connectivity index (χ2n) is 7.71. The van der Waals surface area contributed by atoms with Crippen LogP contribution < -0.4 is 14.8 Å². The maximum Gasteiger partial charge on any atom is 0.236 e. The molecule has 1 fully saturated rings. The fourth-order valence-corrected chi connectivity index (χ4v) is 5.28. The van der Waals surface area contributed by atoms with Gasteiger partial charge in [0.1, 0.15) is 5.75 Å². The summed E-state index contributed by atoms with van der Waals surface area (Å²) in [5.41, 5.74) is 1.41. The van der Waals surface area contributed by atoms with Gasteiger partial charge in [-0.1, -0.05) is 30.3 Å². The zero-order valence-corrected chi connectivity index (χ0v) is 20.0. The Hall–Kier alpha value is -2.89. The Balaban J connectivity index is 1.60. The Bertz CT molecular complexity index is 1220. The third-order valence-corrected chi connectivity index (χ3v) is 7.33. The third kappa shape index (κ3) is 7.04. The van der Waals surface area contributed by atoms with E-state index in [1.54, 1.807) is 18.2 Å². The van der Waals surface area contributed by atoms with Gasteiger partial charge in [-0.3, -0.25) is 9.52 Å². The fraction of sp³-hybridized carbons (Fsp3) is 0.318. The van der Waals surface area contributed by atoms with Crippen LogP contribution in [0.25, 0.3) is 6.08 Å². The van der Waals surface area contributed by atoms with Crippen molar-refractivity contribution in [2.24, 2.45) is 5.92 Å². The number of amides is 1. The summed E-state index contributed by atoms with van der Waals surface area (Å²) in [5.74, 6) is -0.286. The zero-order valence-electron chi connectivity index (χ0n) is 18.4. The number of ether oxygens (including phenoxy) is 1. The van der Waals surface area contributed by atoms with Crippen LogP contribution in [0.3, 0.4) is 0 Å². The monoisotopic (exact) mass is 493 g/mol. The van der Waals surface area contributed by atoms with Crippen molar-refractivity contribution in [3.05, 3.63) is 59.5 Å². The topological polar surface area (TPSA) is 122 Å². The third-order valence-electron chi connectivity index (χ3n) is 5.18. The average molecular weight is 494 g/mol. The van der Waals surface area contributed by atoms with Crippen molar-refractivity contribution in [3.63, 3.8) is 0 Å². The van der Waals surface area contributed by atoms with Crippen molar-refractivity contribution in [3.8, 4) is 5.75 Å². The Labute approximate surface area is 194 Å². The van der Waals surface area contributed by atoms with E-state index in [1.165, 1.54) is 22.9 Å². The predicted octanol–water partition coefficient (Wildman–Crippen LogP) is 2.72. The van der Waals surface area contributed by atoms with E-state index in [1.807, 2.05) is 30.3 Å². The van der Waals surface area contributed by atoms with Crippen LogP contribution in [-0.2, 0) is 24.8 Å². The number of anilines is 2. The molecular formula is C22H27N3O6S2. The maximum atomic E-state index is 12.7. The van der Waals surface area contributed by atoms with E-state index in [-0.39, 0.29) is 30.6 Å². The number of rotatable bonds is 8. The van der Waals surface area contributed by atoms with Crippen molar-refractivity contribution in [1.82, 2.24) is 4.31 Å². The van der Waals surface area contributed by atoms with Gasteiger partial charge in [0.2, 0.25) is 26.0 Å². The van der Waals surface area contributed by atoms with Gasteiger partial charge in [-0.05, 0) is 42.7 Å². The normalized spacial score (nSPS) is 15.9. The molecule has 0 unspecified atom stereocenters. The van der Waals surface area contributed by atoms with E-state index in [2.05, 4.69) is 10.0 Å². The Morgan fingerprint density at radius 3 is 2.33 bits per heavy atom. The maximum absolute atomic E-state index is 12.7. The molecule has 1 aliphatic rings. The van der Waals surface area contributed by atoms with E-state index in [0.717, 1.165) is 11.8 Å². The van der Waals surface area contributed by atoms with Crippen molar-refractivity contribution < 1.29 is 26.4 Å². The van der Waals surface area contributed by atoms with Gasteiger partial charge >= 0.3 is 0 Å². The minimum atomic E-state index is -3.58. The Morgan fingerprint density at radius 1 is 1.06 bits per heavy atom. The smallest absolute Gasteiger partial charge is 0.236 e. The lowest BCUT2D eigenvalue weighted by atomic mass is 9.97. The highest BCUT2D eigenvalue weighted by Crippen LogP contribution is 2.29. The number of benzene rings is 2. The van der Waals surface area contributed by atoms with Crippen molar-refractivity contribution in [1.29, 1.82) is 0 Å². The molecule has 2 N–H and O–H groups in total. The molecule has 2 aromatic rings. The van der Waals surface area contributed by atoms with Crippen LogP contribution in [0.4, 0.5) is 11.4 Å². The van der Waals surface area contributed by atoms with Crippen molar-refractivity contribution in [2.75, 3.05) is 36.5 Å². The van der Waals surface area contributed by atoms with Crippen molar-refractivity contribution in [2.45, 2.75) is 12.8 Å². The lowest BCUT2D eigenvalue weighted by Gasteiger charge is -2.29. The van der Waals surface area contributed by atoms with Crippen LogP contribution >= 0.6 is 0 Å². The van der Waals surface area contributed by atoms with E-state index in [0.29, 0.717) is 24.3 Å². The number of hydrogen-bond acceptors (Lipinski definition) is 6. The first-order valence-corrected chi connectivity index (χ1v) is 13.7. The standard InChI is InChI=1S/C22H27N3O6S2/c1-31-21-9-8-19(16-20(21)24-32(2,27)28)23-22(26)18-10-13-25(14-11-18)33(29,30)15-12-17-6-4-3-5-7-17/h3-9,12,15-16,18,24H,10-11,13-14H2,1-2H3,(H,23,26)/b15-12+. The number of hydrogen-bond donors (Lipinski definition) is 2. The molecule has 1 amide bonds. The number of nitrogens with one attached hydrogen (secondary N) is 2. The number of methoxy groups -OCH3 is 1. The van der Waals surface area contributed by atoms with Crippen LogP contribution in [0.1, 0.15) is 18.4 Å². The molecule has 0 bridgehead atoms. The molecule has 178 valence electrons. The van der Waals surface area contributed by atoms with Gasteiger partial charge in [-0.2, -0.15) is 4.31 Å². The summed E-state index contributed by atoms with van der Waals surface area (Å²) in [6, 6.07) is 13.8. The molecule has 0 aliphatic carbocycles. The van der Waals surface area contributed by atoms with Gasteiger partial charge in [-0.15, -0.1) is 0 Å². The molecule has 0 spiro atoms. The molecule has 0 radical (unpaired) electrons. The summed E-state index contributed by atoms with van der Waals surface area (Å²) >= 11 is 0. The molecular weight excluding hydrogens is 466 g/mol. The quantitative estimate of drug-likeness (QED) is 0.583.